The highest BCUT2D eigenvalue weighted by Crippen LogP contribution is 2.19. The molecule has 0 spiro atoms. The minimum Gasteiger partial charge on any atom is -0.369 e. The maximum atomic E-state index is 11.7. The van der Waals surface area contributed by atoms with Crippen molar-refractivity contribution in [3.8, 4) is 0 Å². The number of Topliss-reactive ketones (excluding diaryl/α,β-unsaturated/α-hetero) is 2. The molecular formula is C13H11N3O4. The Balaban J connectivity index is 2.32. The molecule has 2 amide bonds. The van der Waals surface area contributed by atoms with E-state index in [4.69, 9.17) is 5.73 Å². The van der Waals surface area contributed by atoms with Crippen LogP contribution in [0, 0.1) is 0 Å². The van der Waals surface area contributed by atoms with E-state index in [1.807, 2.05) is 0 Å². The fourth-order valence-electron chi connectivity index (χ4n) is 1.73. The lowest BCUT2D eigenvalue weighted by Gasteiger charge is -2.20. The fraction of sp³-hybridized carbons (Fsp3) is 0.154. The van der Waals surface area contributed by atoms with Gasteiger partial charge in [0.05, 0.1) is 12.1 Å². The molecule has 0 radical (unpaired) electrons. The minimum absolute atomic E-state index is 0.0455. The molecule has 1 aliphatic rings. The number of nitrogens with two attached hydrogens (primary N) is 1. The molecule has 0 aromatic heterocycles. The number of nitrogens with zero attached hydrogens (tertiary/aromatic N) is 2. The monoisotopic (exact) mass is 273 g/mol. The molecule has 7 nitrogen and oxygen atoms in total. The van der Waals surface area contributed by atoms with E-state index >= 15 is 0 Å². The Morgan fingerprint density at radius 1 is 1.15 bits per heavy atom. The molecule has 1 aliphatic heterocycles. The molecule has 0 unspecified atom stereocenters. The smallest absolute Gasteiger partial charge is 0.323 e. The molecule has 0 fully saturated rings. The number of rotatable bonds is 3. The number of anilines is 1. The summed E-state index contributed by atoms with van der Waals surface area (Å²) in [5.74, 6) is -3.47. The Bertz CT molecular complexity index is 646. The van der Waals surface area contributed by atoms with Crippen molar-refractivity contribution in [3.63, 3.8) is 0 Å². The number of primary amides is 1. The van der Waals surface area contributed by atoms with Gasteiger partial charge in [-0.15, -0.1) is 0 Å². The summed E-state index contributed by atoms with van der Waals surface area (Å²) >= 11 is 0. The zero-order chi connectivity index (χ0) is 14.9. The number of ketones is 2. The maximum absolute atomic E-state index is 11.7. The van der Waals surface area contributed by atoms with Crippen LogP contribution in [0.1, 0.15) is 12.5 Å². The van der Waals surface area contributed by atoms with Gasteiger partial charge in [0.2, 0.25) is 5.91 Å². The van der Waals surface area contributed by atoms with Crippen molar-refractivity contribution >= 4 is 34.8 Å². The van der Waals surface area contributed by atoms with Gasteiger partial charge in [-0.05, 0) is 24.6 Å². The van der Waals surface area contributed by atoms with Crippen molar-refractivity contribution in [2.45, 2.75) is 13.3 Å². The Kier molecular flexibility index (Phi) is 3.43. The van der Waals surface area contributed by atoms with Crippen LogP contribution in [0.15, 0.2) is 29.4 Å². The zero-order valence-corrected chi connectivity index (χ0v) is 10.6. The average molecular weight is 273 g/mol. The number of carbonyl (C=O) groups is 4. The van der Waals surface area contributed by atoms with E-state index < -0.39 is 23.4 Å². The van der Waals surface area contributed by atoms with E-state index in [0.29, 0.717) is 11.3 Å². The molecule has 2 N–H and O–H groups in total. The van der Waals surface area contributed by atoms with Crippen LogP contribution < -0.4 is 10.7 Å². The highest BCUT2D eigenvalue weighted by molar-refractivity contribution is 6.81. The van der Waals surface area contributed by atoms with Crippen LogP contribution in [0.2, 0.25) is 0 Å². The standard InChI is InChI=1S/C13H11N3O4/c1-7-11(18)12(19)13(20)16(15-7)9-4-2-8(3-5-9)6-10(14)17/h2-5H,6H2,1H3,(H2,14,17). The Labute approximate surface area is 114 Å². The van der Waals surface area contributed by atoms with E-state index in [2.05, 4.69) is 5.10 Å². The highest BCUT2D eigenvalue weighted by Gasteiger charge is 2.35. The molecular weight excluding hydrogens is 262 g/mol. The molecule has 0 atom stereocenters. The van der Waals surface area contributed by atoms with E-state index in [1.165, 1.54) is 19.1 Å². The summed E-state index contributed by atoms with van der Waals surface area (Å²) in [5.41, 5.74) is 6.04. The molecule has 0 saturated heterocycles. The second-order valence-electron chi connectivity index (χ2n) is 4.27. The van der Waals surface area contributed by atoms with Gasteiger partial charge in [0, 0.05) is 0 Å². The van der Waals surface area contributed by atoms with Crippen molar-refractivity contribution in [2.24, 2.45) is 10.8 Å². The summed E-state index contributed by atoms with van der Waals surface area (Å²) in [4.78, 5) is 45.3. The van der Waals surface area contributed by atoms with E-state index in [-0.39, 0.29) is 12.1 Å². The summed E-state index contributed by atoms with van der Waals surface area (Å²) in [6.45, 7) is 1.36. The third-order valence-corrected chi connectivity index (χ3v) is 2.73. The normalized spacial score (nSPS) is 15.3. The van der Waals surface area contributed by atoms with Crippen LogP contribution in [-0.2, 0) is 25.6 Å². The number of amides is 2. The van der Waals surface area contributed by atoms with Gasteiger partial charge < -0.3 is 5.73 Å². The van der Waals surface area contributed by atoms with Crippen LogP contribution in [0.5, 0.6) is 0 Å². The lowest BCUT2D eigenvalue weighted by molar-refractivity contribution is -0.142. The number of hydrogen-bond acceptors (Lipinski definition) is 5. The molecule has 0 saturated carbocycles. The van der Waals surface area contributed by atoms with Crippen molar-refractivity contribution < 1.29 is 19.2 Å². The van der Waals surface area contributed by atoms with Gasteiger partial charge in [-0.1, -0.05) is 12.1 Å². The van der Waals surface area contributed by atoms with Gasteiger partial charge in [-0.2, -0.15) is 10.1 Å². The SMILES string of the molecule is CC1=NN(c2ccc(CC(N)=O)cc2)C(=O)C(=O)C1=O. The van der Waals surface area contributed by atoms with Gasteiger partial charge >= 0.3 is 5.91 Å². The predicted octanol–water partition coefficient (Wildman–Crippen LogP) is -0.425. The number of carbonyl (C=O) groups excluding carboxylic acids is 4. The van der Waals surface area contributed by atoms with Crippen LogP contribution >= 0.6 is 0 Å². The first-order valence-electron chi connectivity index (χ1n) is 5.75. The van der Waals surface area contributed by atoms with Crippen LogP contribution in [0.3, 0.4) is 0 Å². The zero-order valence-electron chi connectivity index (χ0n) is 10.6. The number of hydrazone groups is 1. The Hall–Kier alpha value is -2.83. The fourth-order valence-corrected chi connectivity index (χ4v) is 1.73. The quantitative estimate of drug-likeness (QED) is 0.754. The van der Waals surface area contributed by atoms with Gasteiger partial charge in [0.15, 0.2) is 0 Å². The van der Waals surface area contributed by atoms with Crippen molar-refractivity contribution in [3.05, 3.63) is 29.8 Å². The molecule has 102 valence electrons. The second kappa shape index (κ2) is 5.04. The molecule has 0 bridgehead atoms. The maximum Gasteiger partial charge on any atom is 0.323 e. The third kappa shape index (κ3) is 2.46. The molecule has 1 aromatic carbocycles. The minimum atomic E-state index is -1.11. The molecule has 2 rings (SSSR count). The summed E-state index contributed by atoms with van der Waals surface area (Å²) in [7, 11) is 0. The lowest BCUT2D eigenvalue weighted by atomic mass is 10.1. The van der Waals surface area contributed by atoms with E-state index in [9.17, 15) is 19.2 Å². The van der Waals surface area contributed by atoms with Crippen LogP contribution in [0.4, 0.5) is 5.69 Å². The van der Waals surface area contributed by atoms with Crippen molar-refractivity contribution in [1.29, 1.82) is 0 Å². The lowest BCUT2D eigenvalue weighted by Crippen LogP contribution is -2.44. The number of hydrogen-bond donors (Lipinski definition) is 1. The molecule has 1 aromatic rings. The van der Waals surface area contributed by atoms with Crippen LogP contribution in [0.25, 0.3) is 0 Å². The first-order chi connectivity index (χ1) is 9.40. The summed E-state index contributed by atoms with van der Waals surface area (Å²) in [6, 6.07) is 6.24. The van der Waals surface area contributed by atoms with Crippen molar-refractivity contribution in [1.82, 2.24) is 0 Å². The average Bonchev–Trinajstić information content (AvgIpc) is 2.41. The van der Waals surface area contributed by atoms with Gasteiger partial charge in [0.1, 0.15) is 5.71 Å². The van der Waals surface area contributed by atoms with Crippen molar-refractivity contribution in [2.75, 3.05) is 5.01 Å². The molecule has 1 heterocycles. The molecule has 0 aliphatic carbocycles. The number of benzene rings is 1. The highest BCUT2D eigenvalue weighted by atomic mass is 16.2. The Morgan fingerprint density at radius 3 is 2.30 bits per heavy atom. The van der Waals surface area contributed by atoms with Gasteiger partial charge in [0.25, 0.3) is 11.6 Å². The summed E-state index contributed by atoms with van der Waals surface area (Å²) < 4.78 is 0. The first kappa shape index (κ1) is 13.6. The Morgan fingerprint density at radius 2 is 1.75 bits per heavy atom. The summed E-state index contributed by atoms with van der Waals surface area (Å²) in [6.07, 6.45) is 0.0773. The third-order valence-electron chi connectivity index (χ3n) is 2.73. The van der Waals surface area contributed by atoms with Gasteiger partial charge in [-0.3, -0.25) is 19.2 Å². The van der Waals surface area contributed by atoms with Gasteiger partial charge in [-0.25, -0.2) is 0 Å². The summed E-state index contributed by atoms with van der Waals surface area (Å²) in [5, 5.41) is 4.66. The first-order valence-corrected chi connectivity index (χ1v) is 5.75. The predicted molar refractivity (Wildman–Crippen MR) is 69.9 cm³/mol. The topological polar surface area (TPSA) is 110 Å². The second-order valence-corrected chi connectivity index (χ2v) is 4.27. The molecule has 7 heteroatoms. The largest absolute Gasteiger partial charge is 0.369 e. The van der Waals surface area contributed by atoms with E-state index in [0.717, 1.165) is 5.01 Å². The van der Waals surface area contributed by atoms with E-state index in [1.54, 1.807) is 12.1 Å². The van der Waals surface area contributed by atoms with Crippen LogP contribution in [-0.4, -0.2) is 29.1 Å². The molecule has 20 heavy (non-hydrogen) atoms.